The van der Waals surface area contributed by atoms with Crippen LogP contribution in [0.2, 0.25) is 0 Å². The van der Waals surface area contributed by atoms with Crippen molar-refractivity contribution < 1.29 is 14.4 Å². The van der Waals surface area contributed by atoms with Gasteiger partial charge in [-0.05, 0) is 26.7 Å². The van der Waals surface area contributed by atoms with Crippen LogP contribution in [0.5, 0.6) is 0 Å². The number of carbonyl (C=O) groups excluding carboxylic acids is 3. The Morgan fingerprint density at radius 3 is 2.53 bits per heavy atom. The summed E-state index contributed by atoms with van der Waals surface area (Å²) in [6.07, 6.45) is 2.83. The number of imide groups is 1. The molecular formula is C13H23N3O3. The van der Waals surface area contributed by atoms with E-state index in [4.69, 9.17) is 0 Å². The predicted molar refractivity (Wildman–Crippen MR) is 71.5 cm³/mol. The number of hydrogen-bond acceptors (Lipinski definition) is 3. The van der Waals surface area contributed by atoms with Crippen LogP contribution >= 0.6 is 0 Å². The van der Waals surface area contributed by atoms with E-state index in [1.807, 2.05) is 0 Å². The van der Waals surface area contributed by atoms with E-state index >= 15 is 0 Å². The molecule has 1 aliphatic rings. The lowest BCUT2D eigenvalue weighted by Crippen LogP contribution is -2.40. The van der Waals surface area contributed by atoms with Gasteiger partial charge in [-0.25, -0.2) is 4.79 Å². The molecule has 0 radical (unpaired) electrons. The average Bonchev–Trinajstić information content (AvgIpc) is 2.51. The fourth-order valence-electron chi connectivity index (χ4n) is 1.91. The van der Waals surface area contributed by atoms with Gasteiger partial charge in [-0.3, -0.25) is 14.5 Å². The fourth-order valence-corrected chi connectivity index (χ4v) is 1.91. The minimum atomic E-state index is -0.833. The van der Waals surface area contributed by atoms with Crippen molar-refractivity contribution in [2.24, 2.45) is 0 Å². The SMILES string of the molecule is CCCCNC(=O)CCCN1C(=O)NC(C)(C)C1=O. The first-order valence-electron chi connectivity index (χ1n) is 6.79. The first kappa shape index (κ1) is 15.5. The Balaban J connectivity index is 2.28. The molecule has 0 aromatic heterocycles. The van der Waals surface area contributed by atoms with Crippen LogP contribution < -0.4 is 10.6 Å². The third-order valence-electron chi connectivity index (χ3n) is 3.08. The van der Waals surface area contributed by atoms with Crippen molar-refractivity contribution in [2.45, 2.75) is 52.0 Å². The van der Waals surface area contributed by atoms with E-state index < -0.39 is 5.54 Å². The van der Waals surface area contributed by atoms with Crippen molar-refractivity contribution in [3.05, 3.63) is 0 Å². The number of rotatable bonds is 7. The van der Waals surface area contributed by atoms with Gasteiger partial charge in [-0.1, -0.05) is 13.3 Å². The summed E-state index contributed by atoms with van der Waals surface area (Å²) in [5, 5.41) is 5.41. The highest BCUT2D eigenvalue weighted by Crippen LogP contribution is 2.16. The molecule has 0 aromatic carbocycles. The second kappa shape index (κ2) is 6.54. The summed E-state index contributed by atoms with van der Waals surface area (Å²) in [6, 6.07) is -0.374. The molecule has 108 valence electrons. The maximum Gasteiger partial charge on any atom is 0.325 e. The van der Waals surface area contributed by atoms with E-state index in [9.17, 15) is 14.4 Å². The Labute approximate surface area is 113 Å². The molecule has 6 nitrogen and oxygen atoms in total. The molecule has 6 heteroatoms. The third kappa shape index (κ3) is 4.22. The van der Waals surface area contributed by atoms with Crippen molar-refractivity contribution >= 4 is 17.8 Å². The molecule has 4 amide bonds. The second-order valence-corrected chi connectivity index (χ2v) is 5.32. The summed E-state index contributed by atoms with van der Waals surface area (Å²) in [4.78, 5) is 36.1. The van der Waals surface area contributed by atoms with Crippen molar-refractivity contribution in [3.63, 3.8) is 0 Å². The van der Waals surface area contributed by atoms with Crippen molar-refractivity contribution in [1.29, 1.82) is 0 Å². The fraction of sp³-hybridized carbons (Fsp3) is 0.769. The molecule has 0 aliphatic carbocycles. The molecule has 0 bridgehead atoms. The second-order valence-electron chi connectivity index (χ2n) is 5.32. The smallest absolute Gasteiger partial charge is 0.325 e. The van der Waals surface area contributed by atoms with E-state index in [2.05, 4.69) is 17.6 Å². The van der Waals surface area contributed by atoms with Gasteiger partial charge in [-0.2, -0.15) is 0 Å². The lowest BCUT2D eigenvalue weighted by atomic mass is 10.1. The number of nitrogens with zero attached hydrogens (tertiary/aromatic N) is 1. The molecule has 0 atom stereocenters. The maximum absolute atomic E-state index is 11.9. The number of hydrogen-bond donors (Lipinski definition) is 2. The molecule has 1 heterocycles. The number of unbranched alkanes of at least 4 members (excludes halogenated alkanes) is 1. The Morgan fingerprint density at radius 1 is 1.32 bits per heavy atom. The van der Waals surface area contributed by atoms with Crippen LogP contribution in [0.4, 0.5) is 4.79 Å². The van der Waals surface area contributed by atoms with Gasteiger partial charge in [0, 0.05) is 19.5 Å². The van der Waals surface area contributed by atoms with Gasteiger partial charge < -0.3 is 10.6 Å². The number of carbonyl (C=O) groups is 3. The summed E-state index contributed by atoms with van der Waals surface area (Å²) in [5.41, 5.74) is -0.833. The van der Waals surface area contributed by atoms with Crippen LogP contribution in [0.25, 0.3) is 0 Å². The van der Waals surface area contributed by atoms with Gasteiger partial charge in [0.2, 0.25) is 5.91 Å². The van der Waals surface area contributed by atoms with Crippen LogP contribution in [0, 0.1) is 0 Å². The summed E-state index contributed by atoms with van der Waals surface area (Å²) >= 11 is 0. The standard InChI is InChI=1S/C13H23N3O3/c1-4-5-8-14-10(17)7-6-9-16-11(18)13(2,3)15-12(16)19/h4-9H2,1-3H3,(H,14,17)(H,15,19). The molecule has 0 unspecified atom stereocenters. The topological polar surface area (TPSA) is 78.5 Å². The zero-order valence-corrected chi connectivity index (χ0v) is 11.9. The highest BCUT2D eigenvalue weighted by molar-refractivity contribution is 6.06. The lowest BCUT2D eigenvalue weighted by molar-refractivity contribution is -0.130. The molecule has 0 spiro atoms. The zero-order valence-electron chi connectivity index (χ0n) is 11.9. The van der Waals surface area contributed by atoms with E-state index in [1.165, 1.54) is 4.90 Å². The minimum Gasteiger partial charge on any atom is -0.356 e. The van der Waals surface area contributed by atoms with Crippen molar-refractivity contribution in [1.82, 2.24) is 15.5 Å². The molecule has 0 aromatic rings. The maximum atomic E-state index is 11.9. The Hall–Kier alpha value is -1.59. The predicted octanol–water partition coefficient (Wildman–Crippen LogP) is 1.01. The van der Waals surface area contributed by atoms with Crippen LogP contribution in [0.15, 0.2) is 0 Å². The van der Waals surface area contributed by atoms with Crippen LogP contribution in [0.1, 0.15) is 46.5 Å². The Bertz CT molecular complexity index is 366. The van der Waals surface area contributed by atoms with Crippen LogP contribution in [0.3, 0.4) is 0 Å². The third-order valence-corrected chi connectivity index (χ3v) is 3.08. The summed E-state index contributed by atoms with van der Waals surface area (Å²) in [5.74, 6) is -0.261. The molecule has 1 rings (SSSR count). The highest BCUT2D eigenvalue weighted by atomic mass is 16.2. The van der Waals surface area contributed by atoms with Gasteiger partial charge in [0.05, 0.1) is 0 Å². The monoisotopic (exact) mass is 269 g/mol. The largest absolute Gasteiger partial charge is 0.356 e. The molecule has 1 fully saturated rings. The Morgan fingerprint density at radius 2 is 2.00 bits per heavy atom. The average molecular weight is 269 g/mol. The van der Waals surface area contributed by atoms with E-state index in [0.29, 0.717) is 19.4 Å². The van der Waals surface area contributed by atoms with Gasteiger partial charge in [0.25, 0.3) is 5.91 Å². The first-order chi connectivity index (χ1) is 8.88. The minimum absolute atomic E-state index is 0.0280. The highest BCUT2D eigenvalue weighted by Gasteiger charge is 2.43. The Kier molecular flexibility index (Phi) is 5.32. The summed E-state index contributed by atoms with van der Waals surface area (Å²) in [6.45, 7) is 6.38. The molecule has 19 heavy (non-hydrogen) atoms. The van der Waals surface area contributed by atoms with Crippen molar-refractivity contribution in [3.8, 4) is 0 Å². The zero-order chi connectivity index (χ0) is 14.5. The quantitative estimate of drug-likeness (QED) is 0.535. The van der Waals surface area contributed by atoms with Crippen molar-refractivity contribution in [2.75, 3.05) is 13.1 Å². The van der Waals surface area contributed by atoms with Gasteiger partial charge in [0.1, 0.15) is 5.54 Å². The molecule has 2 N–H and O–H groups in total. The summed E-state index contributed by atoms with van der Waals surface area (Å²) < 4.78 is 0. The van der Waals surface area contributed by atoms with Gasteiger partial charge in [0.15, 0.2) is 0 Å². The number of amides is 4. The number of urea groups is 1. The molecular weight excluding hydrogens is 246 g/mol. The van der Waals surface area contributed by atoms with Crippen LogP contribution in [-0.4, -0.2) is 41.4 Å². The van der Waals surface area contributed by atoms with E-state index in [1.54, 1.807) is 13.8 Å². The molecule has 1 saturated heterocycles. The molecule has 0 saturated carbocycles. The first-order valence-corrected chi connectivity index (χ1v) is 6.79. The van der Waals surface area contributed by atoms with Gasteiger partial charge >= 0.3 is 6.03 Å². The lowest BCUT2D eigenvalue weighted by Gasteiger charge is -2.15. The van der Waals surface area contributed by atoms with Gasteiger partial charge in [-0.15, -0.1) is 0 Å². The molecule has 1 aliphatic heterocycles. The van der Waals surface area contributed by atoms with E-state index in [-0.39, 0.29) is 24.4 Å². The van der Waals surface area contributed by atoms with Crippen LogP contribution in [-0.2, 0) is 9.59 Å². The summed E-state index contributed by atoms with van der Waals surface area (Å²) in [7, 11) is 0. The number of nitrogens with one attached hydrogen (secondary N) is 2. The normalized spacial score (nSPS) is 17.5. The van der Waals surface area contributed by atoms with E-state index in [0.717, 1.165) is 12.8 Å².